The van der Waals surface area contributed by atoms with Gasteiger partial charge in [-0.25, -0.2) is 0 Å². The molecule has 0 aliphatic rings. The second kappa shape index (κ2) is 8.31. The van der Waals surface area contributed by atoms with E-state index in [9.17, 15) is 5.11 Å². The van der Waals surface area contributed by atoms with Crippen LogP contribution in [0, 0.1) is 0 Å². The summed E-state index contributed by atoms with van der Waals surface area (Å²) in [6.45, 7) is 4.33. The van der Waals surface area contributed by atoms with Crippen LogP contribution in [-0.2, 0) is 6.42 Å². The predicted molar refractivity (Wildman–Crippen MR) is 78.8 cm³/mol. The summed E-state index contributed by atoms with van der Waals surface area (Å²) < 4.78 is 0. The Morgan fingerprint density at radius 1 is 0.944 bits per heavy atom. The van der Waals surface area contributed by atoms with Crippen LogP contribution in [0.1, 0.15) is 64.4 Å². The summed E-state index contributed by atoms with van der Waals surface area (Å²) in [5.41, 5.74) is 0.877. The molecule has 0 heterocycles. The van der Waals surface area contributed by atoms with Crippen molar-refractivity contribution in [3.8, 4) is 0 Å². The van der Waals surface area contributed by atoms with Gasteiger partial charge >= 0.3 is 0 Å². The molecule has 1 heteroatoms. The number of rotatable bonds is 9. The lowest BCUT2D eigenvalue weighted by Crippen LogP contribution is -2.28. The second-order valence-corrected chi connectivity index (χ2v) is 5.37. The van der Waals surface area contributed by atoms with Crippen molar-refractivity contribution in [3.05, 3.63) is 35.9 Å². The van der Waals surface area contributed by atoms with Crippen LogP contribution in [0.15, 0.2) is 30.3 Å². The van der Waals surface area contributed by atoms with Crippen molar-refractivity contribution in [2.45, 2.75) is 70.8 Å². The zero-order valence-electron chi connectivity index (χ0n) is 12.0. The number of hydrogen-bond donors (Lipinski definition) is 1. The molecule has 0 fully saturated rings. The first-order valence-electron chi connectivity index (χ1n) is 7.46. The summed E-state index contributed by atoms with van der Waals surface area (Å²) in [4.78, 5) is 0. The molecule has 1 aromatic rings. The maximum absolute atomic E-state index is 10.6. The summed E-state index contributed by atoms with van der Waals surface area (Å²) in [5.74, 6) is 0. The zero-order valence-corrected chi connectivity index (χ0v) is 12.0. The molecule has 0 saturated carbocycles. The average Bonchev–Trinajstić information content (AvgIpc) is 2.43. The third-order valence-electron chi connectivity index (χ3n) is 3.88. The highest BCUT2D eigenvalue weighted by Crippen LogP contribution is 2.25. The monoisotopic (exact) mass is 248 g/mol. The highest BCUT2D eigenvalue weighted by Gasteiger charge is 2.23. The lowest BCUT2D eigenvalue weighted by molar-refractivity contribution is 0.0167. The molecular formula is C17H28O. The van der Waals surface area contributed by atoms with Crippen molar-refractivity contribution in [1.29, 1.82) is 0 Å². The maximum atomic E-state index is 10.6. The van der Waals surface area contributed by atoms with Gasteiger partial charge in [-0.15, -0.1) is 0 Å². The fourth-order valence-corrected chi connectivity index (χ4v) is 2.38. The molecule has 0 aromatic heterocycles. The SMILES string of the molecule is CCCCCCC(O)(CC)CCc1ccccc1. The average molecular weight is 248 g/mol. The van der Waals surface area contributed by atoms with E-state index in [-0.39, 0.29) is 0 Å². The smallest absolute Gasteiger partial charge is 0.0648 e. The van der Waals surface area contributed by atoms with Crippen molar-refractivity contribution in [1.82, 2.24) is 0 Å². The van der Waals surface area contributed by atoms with E-state index < -0.39 is 5.60 Å². The Labute approximate surface area is 112 Å². The first-order chi connectivity index (χ1) is 8.70. The Morgan fingerprint density at radius 2 is 1.67 bits per heavy atom. The van der Waals surface area contributed by atoms with Crippen molar-refractivity contribution < 1.29 is 5.11 Å². The molecule has 1 aromatic carbocycles. The standard InChI is InChI=1S/C17H28O/c1-3-5-6-10-14-17(18,4-2)15-13-16-11-8-7-9-12-16/h7-9,11-12,18H,3-6,10,13-15H2,1-2H3. The summed E-state index contributed by atoms with van der Waals surface area (Å²) in [6.07, 6.45) is 8.66. The van der Waals surface area contributed by atoms with Gasteiger partial charge in [-0.1, -0.05) is 69.9 Å². The first kappa shape index (κ1) is 15.2. The highest BCUT2D eigenvalue weighted by atomic mass is 16.3. The van der Waals surface area contributed by atoms with Gasteiger partial charge in [0, 0.05) is 0 Å². The van der Waals surface area contributed by atoms with Crippen LogP contribution in [0.5, 0.6) is 0 Å². The Kier molecular flexibility index (Phi) is 7.04. The third kappa shape index (κ3) is 5.68. The van der Waals surface area contributed by atoms with Gasteiger partial charge in [0.2, 0.25) is 0 Å². The van der Waals surface area contributed by atoms with Crippen LogP contribution in [0.3, 0.4) is 0 Å². The number of hydrogen-bond acceptors (Lipinski definition) is 1. The van der Waals surface area contributed by atoms with Crippen molar-refractivity contribution in [2.75, 3.05) is 0 Å². The van der Waals surface area contributed by atoms with Crippen LogP contribution in [-0.4, -0.2) is 10.7 Å². The number of aryl methyl sites for hydroxylation is 1. The third-order valence-corrected chi connectivity index (χ3v) is 3.88. The molecular weight excluding hydrogens is 220 g/mol. The first-order valence-corrected chi connectivity index (χ1v) is 7.46. The quantitative estimate of drug-likeness (QED) is 0.626. The lowest BCUT2D eigenvalue weighted by atomic mass is 9.87. The van der Waals surface area contributed by atoms with Crippen LogP contribution in [0.25, 0.3) is 0 Å². The Morgan fingerprint density at radius 3 is 2.28 bits per heavy atom. The van der Waals surface area contributed by atoms with E-state index in [2.05, 4.69) is 38.1 Å². The van der Waals surface area contributed by atoms with Crippen LogP contribution in [0.2, 0.25) is 0 Å². The Balaban J connectivity index is 2.35. The molecule has 0 saturated heterocycles. The van der Waals surface area contributed by atoms with Gasteiger partial charge in [0.15, 0.2) is 0 Å². The molecule has 0 aliphatic heterocycles. The maximum Gasteiger partial charge on any atom is 0.0648 e. The van der Waals surface area contributed by atoms with E-state index in [4.69, 9.17) is 0 Å². The molecule has 0 amide bonds. The molecule has 0 bridgehead atoms. The largest absolute Gasteiger partial charge is 0.390 e. The predicted octanol–water partition coefficient (Wildman–Crippen LogP) is 4.73. The molecule has 0 radical (unpaired) electrons. The molecule has 0 aliphatic carbocycles. The van der Waals surface area contributed by atoms with Crippen molar-refractivity contribution in [2.24, 2.45) is 0 Å². The summed E-state index contributed by atoms with van der Waals surface area (Å²) >= 11 is 0. The van der Waals surface area contributed by atoms with Gasteiger partial charge in [0.05, 0.1) is 5.60 Å². The van der Waals surface area contributed by atoms with E-state index in [0.717, 1.165) is 32.1 Å². The van der Waals surface area contributed by atoms with Gasteiger partial charge < -0.3 is 5.11 Å². The van der Waals surface area contributed by atoms with Crippen molar-refractivity contribution >= 4 is 0 Å². The highest BCUT2D eigenvalue weighted by molar-refractivity contribution is 5.15. The molecule has 0 spiro atoms. The molecule has 1 unspecified atom stereocenters. The van der Waals surface area contributed by atoms with Crippen molar-refractivity contribution in [3.63, 3.8) is 0 Å². The Hall–Kier alpha value is -0.820. The molecule has 102 valence electrons. The number of aliphatic hydroxyl groups is 1. The van der Waals surface area contributed by atoms with Crippen LogP contribution >= 0.6 is 0 Å². The molecule has 1 rings (SSSR count). The minimum Gasteiger partial charge on any atom is -0.390 e. The lowest BCUT2D eigenvalue weighted by Gasteiger charge is -2.27. The van der Waals surface area contributed by atoms with Gasteiger partial charge in [0.1, 0.15) is 0 Å². The number of benzene rings is 1. The molecule has 1 nitrogen and oxygen atoms in total. The topological polar surface area (TPSA) is 20.2 Å². The molecule has 1 N–H and O–H groups in total. The van der Waals surface area contributed by atoms with E-state index in [1.54, 1.807) is 0 Å². The van der Waals surface area contributed by atoms with Gasteiger partial charge in [-0.05, 0) is 31.2 Å². The van der Waals surface area contributed by atoms with E-state index in [1.165, 1.54) is 24.8 Å². The molecule has 18 heavy (non-hydrogen) atoms. The molecule has 1 atom stereocenters. The van der Waals surface area contributed by atoms with E-state index in [0.29, 0.717) is 0 Å². The van der Waals surface area contributed by atoms with Gasteiger partial charge in [-0.2, -0.15) is 0 Å². The second-order valence-electron chi connectivity index (χ2n) is 5.37. The number of unbranched alkanes of at least 4 members (excludes halogenated alkanes) is 3. The van der Waals surface area contributed by atoms with E-state index in [1.807, 2.05) is 6.07 Å². The zero-order chi connectivity index (χ0) is 13.3. The van der Waals surface area contributed by atoms with Crippen LogP contribution in [0.4, 0.5) is 0 Å². The fraction of sp³-hybridized carbons (Fsp3) is 0.647. The summed E-state index contributed by atoms with van der Waals surface area (Å²) in [6, 6.07) is 10.5. The van der Waals surface area contributed by atoms with Gasteiger partial charge in [-0.3, -0.25) is 0 Å². The minimum absolute atomic E-state index is 0.455. The summed E-state index contributed by atoms with van der Waals surface area (Å²) in [7, 11) is 0. The fourth-order valence-electron chi connectivity index (χ4n) is 2.38. The van der Waals surface area contributed by atoms with Crippen LogP contribution < -0.4 is 0 Å². The van der Waals surface area contributed by atoms with E-state index >= 15 is 0 Å². The minimum atomic E-state index is -0.455. The van der Waals surface area contributed by atoms with Gasteiger partial charge in [0.25, 0.3) is 0 Å². The normalized spacial score (nSPS) is 14.4. The summed E-state index contributed by atoms with van der Waals surface area (Å²) in [5, 5.41) is 10.6. The Bertz CT molecular complexity index is 307.